The molecule has 10 heteroatoms. The summed E-state index contributed by atoms with van der Waals surface area (Å²) in [5.74, 6) is -1.33. The minimum atomic E-state index is -1.63. The predicted molar refractivity (Wildman–Crippen MR) is 87.3 cm³/mol. The molecule has 10 nitrogen and oxygen atoms in total. The zero-order valence-corrected chi connectivity index (χ0v) is 13.5. The van der Waals surface area contributed by atoms with Crippen LogP contribution in [-0.4, -0.2) is 73.8 Å². The van der Waals surface area contributed by atoms with E-state index in [0.29, 0.717) is 10.9 Å². The summed E-state index contributed by atoms with van der Waals surface area (Å²) >= 11 is 0. The lowest BCUT2D eigenvalue weighted by atomic mass is 9.99. The molecule has 142 valence electrons. The lowest BCUT2D eigenvalue weighted by Crippen LogP contribution is -2.60. The molecule has 0 saturated carbocycles. The highest BCUT2D eigenvalue weighted by Crippen LogP contribution is 2.34. The molecule has 0 radical (unpaired) electrons. The normalized spacial score (nSPS) is 30.3. The average molecular weight is 368 g/mol. The summed E-state index contributed by atoms with van der Waals surface area (Å²) in [6.07, 6.45) is -7.39. The number of carbonyl (C=O) groups is 1. The van der Waals surface area contributed by atoms with Gasteiger partial charge in [0, 0.05) is 16.5 Å². The van der Waals surface area contributed by atoms with E-state index in [1.807, 2.05) is 0 Å². The van der Waals surface area contributed by atoms with Gasteiger partial charge >= 0.3 is 5.97 Å². The monoisotopic (exact) mass is 368 g/mol. The van der Waals surface area contributed by atoms with Crippen molar-refractivity contribution in [3.05, 3.63) is 29.8 Å². The molecule has 6 atom stereocenters. The molecule has 2 heterocycles. The van der Waals surface area contributed by atoms with Crippen LogP contribution in [0.5, 0.6) is 5.88 Å². The largest absolute Gasteiger partial charge is 0.480 e. The van der Waals surface area contributed by atoms with Crippen LogP contribution in [0.15, 0.2) is 24.3 Å². The summed E-state index contributed by atoms with van der Waals surface area (Å²) in [7, 11) is 0. The molecule has 1 saturated heterocycles. The van der Waals surface area contributed by atoms with Gasteiger partial charge in [0.05, 0.1) is 6.61 Å². The van der Waals surface area contributed by atoms with Crippen LogP contribution in [-0.2, 0) is 9.53 Å². The summed E-state index contributed by atoms with van der Waals surface area (Å²) in [4.78, 5) is 14.2. The Labute approximate surface area is 147 Å². The number of fused-ring (bicyclic) bond motifs is 1. The van der Waals surface area contributed by atoms with Gasteiger partial charge < -0.3 is 45.7 Å². The first-order valence-electron chi connectivity index (χ1n) is 7.91. The summed E-state index contributed by atoms with van der Waals surface area (Å²) < 4.78 is 10.8. The molecule has 3 rings (SSSR count). The van der Waals surface area contributed by atoms with Crippen molar-refractivity contribution in [1.29, 1.82) is 0 Å². The summed E-state index contributed by atoms with van der Waals surface area (Å²) in [5, 5.41) is 48.8. The highest BCUT2D eigenvalue weighted by molar-refractivity contribution is 5.91. The van der Waals surface area contributed by atoms with E-state index in [2.05, 4.69) is 4.98 Å². The van der Waals surface area contributed by atoms with Gasteiger partial charge in [0.25, 0.3) is 0 Å². The fraction of sp³-hybridized carbons (Fsp3) is 0.438. The number of rotatable bonds is 5. The summed E-state index contributed by atoms with van der Waals surface area (Å²) in [6, 6.07) is 5.36. The van der Waals surface area contributed by atoms with Gasteiger partial charge in [-0.3, -0.25) is 4.79 Å². The first-order valence-corrected chi connectivity index (χ1v) is 7.91. The third-order valence-electron chi connectivity index (χ3n) is 4.37. The van der Waals surface area contributed by atoms with Crippen LogP contribution in [0.4, 0.5) is 0 Å². The lowest BCUT2D eigenvalue weighted by Gasteiger charge is -2.39. The molecule has 0 bridgehead atoms. The number of aliphatic carboxylic acids is 1. The fourth-order valence-electron chi connectivity index (χ4n) is 2.95. The van der Waals surface area contributed by atoms with Crippen LogP contribution in [0.3, 0.4) is 0 Å². The van der Waals surface area contributed by atoms with E-state index in [9.17, 15) is 30.3 Å². The summed E-state index contributed by atoms with van der Waals surface area (Å²) in [6.45, 7) is -0.612. The van der Waals surface area contributed by atoms with Gasteiger partial charge in [0.2, 0.25) is 6.29 Å². The van der Waals surface area contributed by atoms with E-state index in [0.717, 1.165) is 0 Å². The molecular formula is C16H20N2O8. The fourth-order valence-corrected chi connectivity index (χ4v) is 2.95. The second kappa shape index (κ2) is 7.19. The number of nitrogens with one attached hydrogen (secondary N) is 1. The number of carboxylic acid groups (broad SMARTS) is 1. The molecule has 8 N–H and O–H groups in total. The standard InChI is InChI=1S/C16H20N2O8/c17-10(15(23)24)9-6-3-1-2-4-7(6)18-14(9)26-16-13(22)12(21)11(20)8(5-19)25-16/h1-4,8,10-13,16,18-22H,5,17H2,(H,23,24)/t8-,10+,11-,12+,13+,16-/m1/s1. The van der Waals surface area contributed by atoms with Crippen LogP contribution >= 0.6 is 0 Å². The van der Waals surface area contributed by atoms with Gasteiger partial charge in [-0.15, -0.1) is 0 Å². The van der Waals surface area contributed by atoms with E-state index in [-0.39, 0.29) is 11.4 Å². The van der Waals surface area contributed by atoms with E-state index in [4.69, 9.17) is 15.2 Å². The van der Waals surface area contributed by atoms with Gasteiger partial charge in [-0.25, -0.2) is 0 Å². The smallest absolute Gasteiger partial charge is 0.325 e. The van der Waals surface area contributed by atoms with Crippen LogP contribution in [0.1, 0.15) is 11.6 Å². The minimum Gasteiger partial charge on any atom is -0.480 e. The number of aromatic nitrogens is 1. The number of ether oxygens (including phenoxy) is 2. The van der Waals surface area contributed by atoms with Crippen LogP contribution in [0, 0.1) is 0 Å². The van der Waals surface area contributed by atoms with E-state index < -0.39 is 49.3 Å². The van der Waals surface area contributed by atoms with Crippen molar-refractivity contribution in [1.82, 2.24) is 4.98 Å². The van der Waals surface area contributed by atoms with E-state index in [1.54, 1.807) is 24.3 Å². The number of hydrogen-bond acceptors (Lipinski definition) is 8. The number of carboxylic acids is 1. The number of aliphatic hydroxyl groups is 4. The molecule has 0 amide bonds. The third-order valence-corrected chi connectivity index (χ3v) is 4.37. The number of para-hydroxylation sites is 1. The molecular weight excluding hydrogens is 348 g/mol. The second-order valence-electron chi connectivity index (χ2n) is 6.04. The van der Waals surface area contributed by atoms with Gasteiger partial charge in [-0.05, 0) is 6.07 Å². The maximum Gasteiger partial charge on any atom is 0.325 e. The number of benzene rings is 1. The number of aliphatic hydroxyl groups excluding tert-OH is 4. The predicted octanol–water partition coefficient (Wildman–Crippen LogP) is -1.57. The quantitative estimate of drug-likeness (QED) is 0.328. The topological polar surface area (TPSA) is 178 Å². The Morgan fingerprint density at radius 3 is 2.58 bits per heavy atom. The zero-order valence-electron chi connectivity index (χ0n) is 13.5. The molecule has 0 spiro atoms. The Morgan fingerprint density at radius 1 is 1.23 bits per heavy atom. The van der Waals surface area contributed by atoms with Crippen molar-refractivity contribution in [2.24, 2.45) is 5.73 Å². The van der Waals surface area contributed by atoms with Gasteiger partial charge in [-0.2, -0.15) is 0 Å². The van der Waals surface area contributed by atoms with Gasteiger partial charge in [-0.1, -0.05) is 18.2 Å². The Morgan fingerprint density at radius 2 is 1.92 bits per heavy atom. The average Bonchev–Trinajstić information content (AvgIpc) is 2.99. The van der Waals surface area contributed by atoms with Crippen molar-refractivity contribution in [2.75, 3.05) is 6.61 Å². The molecule has 0 unspecified atom stereocenters. The zero-order chi connectivity index (χ0) is 19.0. The molecule has 0 aliphatic carbocycles. The van der Waals surface area contributed by atoms with Crippen molar-refractivity contribution in [3.63, 3.8) is 0 Å². The Hall–Kier alpha value is -2.21. The lowest BCUT2D eigenvalue weighted by molar-refractivity contribution is -0.278. The van der Waals surface area contributed by atoms with Crippen molar-refractivity contribution in [2.45, 2.75) is 36.7 Å². The third kappa shape index (κ3) is 3.14. The molecule has 1 aromatic carbocycles. The Bertz CT molecular complexity index is 792. The minimum absolute atomic E-state index is 0.0505. The first kappa shape index (κ1) is 18.6. The molecule has 2 aromatic rings. The second-order valence-corrected chi connectivity index (χ2v) is 6.04. The number of nitrogens with two attached hydrogens (primary N) is 1. The van der Waals surface area contributed by atoms with E-state index >= 15 is 0 Å². The van der Waals surface area contributed by atoms with Gasteiger partial charge in [0.1, 0.15) is 30.5 Å². The molecule has 1 aliphatic heterocycles. The van der Waals surface area contributed by atoms with Crippen LogP contribution in [0.2, 0.25) is 0 Å². The number of H-pyrrole nitrogens is 1. The summed E-state index contributed by atoms with van der Waals surface area (Å²) in [5.41, 5.74) is 6.46. The van der Waals surface area contributed by atoms with Crippen molar-refractivity contribution in [3.8, 4) is 5.88 Å². The van der Waals surface area contributed by atoms with Crippen molar-refractivity contribution >= 4 is 16.9 Å². The Balaban J connectivity index is 1.97. The molecule has 1 aromatic heterocycles. The maximum atomic E-state index is 11.4. The van der Waals surface area contributed by atoms with E-state index in [1.165, 1.54) is 0 Å². The highest BCUT2D eigenvalue weighted by atomic mass is 16.7. The molecule has 1 fully saturated rings. The first-order chi connectivity index (χ1) is 12.3. The van der Waals surface area contributed by atoms with Gasteiger partial charge in [0.15, 0.2) is 5.88 Å². The highest BCUT2D eigenvalue weighted by Gasteiger charge is 2.45. The molecule has 26 heavy (non-hydrogen) atoms. The van der Waals surface area contributed by atoms with Crippen LogP contribution < -0.4 is 10.5 Å². The maximum absolute atomic E-state index is 11.4. The van der Waals surface area contributed by atoms with Crippen molar-refractivity contribution < 1.29 is 39.8 Å². The SMILES string of the molecule is N[C@H](C(=O)O)c1c(O[C@H]2O[C@H](CO)[C@@H](O)[C@H](O)[C@@H]2O)[nH]c2ccccc12. The van der Waals surface area contributed by atoms with Crippen LogP contribution in [0.25, 0.3) is 10.9 Å². The number of aromatic amines is 1. The Kier molecular flexibility index (Phi) is 5.14. The number of hydrogen-bond donors (Lipinski definition) is 7. The molecule has 1 aliphatic rings.